The molecule has 2 amide bonds. The van der Waals surface area contributed by atoms with Crippen molar-refractivity contribution in [3.8, 4) is 22.5 Å². The molecule has 0 saturated heterocycles. The highest BCUT2D eigenvalue weighted by Gasteiger charge is 2.59. The number of aromatic nitrogens is 6. The van der Waals surface area contributed by atoms with Gasteiger partial charge in [0.25, 0.3) is 0 Å². The van der Waals surface area contributed by atoms with E-state index in [-0.39, 0.29) is 36.1 Å². The zero-order valence-electron chi connectivity index (χ0n) is 29.6. The molecule has 0 bridgehead atoms. The molecule has 2 aliphatic carbocycles. The van der Waals surface area contributed by atoms with Crippen LogP contribution >= 0.6 is 0 Å². The summed E-state index contributed by atoms with van der Waals surface area (Å²) in [6.45, 7) is 3.84. The van der Waals surface area contributed by atoms with Gasteiger partial charge in [0.2, 0.25) is 11.8 Å². The monoisotopic (exact) mass is 774 g/mol. The summed E-state index contributed by atoms with van der Waals surface area (Å²) in [5.74, 6) is -5.77. The number of carbonyl (C=O) groups excluding carboxylic acids is 2. The van der Waals surface area contributed by atoms with Crippen LogP contribution in [0.2, 0.25) is 0 Å². The van der Waals surface area contributed by atoms with Gasteiger partial charge in [-0.3, -0.25) is 19.6 Å². The van der Waals surface area contributed by atoms with E-state index in [1.54, 1.807) is 49.1 Å². The normalized spacial score (nSPS) is 18.9. The smallest absolute Gasteiger partial charge is 0.383 e. The van der Waals surface area contributed by atoms with E-state index in [0.29, 0.717) is 32.9 Å². The average Bonchev–Trinajstić information content (AvgIpc) is 4.05. The van der Waals surface area contributed by atoms with E-state index in [0.717, 1.165) is 22.3 Å². The number of hydrogen-bond donors (Lipinski definition) is 4. The Labute approximate surface area is 314 Å². The Kier molecular flexibility index (Phi) is 9.67. The second-order valence-electron chi connectivity index (χ2n) is 13.7. The van der Waals surface area contributed by atoms with Crippen molar-refractivity contribution in [2.24, 2.45) is 23.7 Å². The van der Waals surface area contributed by atoms with Gasteiger partial charge >= 0.3 is 12.4 Å². The quantitative estimate of drug-likeness (QED) is 0.124. The number of rotatable bonds is 6. The van der Waals surface area contributed by atoms with Gasteiger partial charge in [-0.2, -0.15) is 26.3 Å². The second-order valence-corrected chi connectivity index (χ2v) is 13.7. The van der Waals surface area contributed by atoms with E-state index >= 15 is 0 Å². The molecular weight excluding hydrogens is 742 g/mol. The zero-order chi connectivity index (χ0) is 40.1. The fourth-order valence-corrected chi connectivity index (χ4v) is 6.36. The highest BCUT2D eigenvalue weighted by Crippen LogP contribution is 2.51. The number of alkyl halides is 6. The van der Waals surface area contributed by atoms with E-state index in [4.69, 9.17) is 11.5 Å². The lowest BCUT2D eigenvalue weighted by Crippen LogP contribution is -2.20. The number of nitrogen functional groups attached to an aromatic ring is 2. The minimum atomic E-state index is -4.35. The summed E-state index contributed by atoms with van der Waals surface area (Å²) >= 11 is 0. The fourth-order valence-electron chi connectivity index (χ4n) is 6.36. The fraction of sp³-hybridized carbons (Fsp3) is 0.263. The van der Waals surface area contributed by atoms with E-state index in [1.165, 1.54) is 12.4 Å². The van der Waals surface area contributed by atoms with Crippen molar-refractivity contribution < 1.29 is 35.9 Å². The van der Waals surface area contributed by atoms with Gasteiger partial charge in [-0.05, 0) is 85.0 Å². The summed E-state index contributed by atoms with van der Waals surface area (Å²) in [6, 6.07) is 10.4. The van der Waals surface area contributed by atoms with Crippen LogP contribution in [0, 0.1) is 37.5 Å². The highest BCUT2D eigenvalue weighted by molar-refractivity contribution is 6.00. The van der Waals surface area contributed by atoms with Crippen molar-refractivity contribution in [1.29, 1.82) is 0 Å². The number of fused-ring (bicyclic) bond motifs is 2. The van der Waals surface area contributed by atoms with Crippen molar-refractivity contribution in [2.75, 3.05) is 22.1 Å². The van der Waals surface area contributed by atoms with Gasteiger partial charge in [0.1, 0.15) is 23.3 Å². The van der Waals surface area contributed by atoms with Crippen molar-refractivity contribution in [3.63, 3.8) is 0 Å². The minimum Gasteiger partial charge on any atom is -0.383 e. The van der Waals surface area contributed by atoms with Crippen LogP contribution in [0.25, 0.3) is 44.1 Å². The minimum absolute atomic E-state index is 0.171. The maximum absolute atomic E-state index is 12.7. The van der Waals surface area contributed by atoms with Crippen LogP contribution in [0.15, 0.2) is 73.6 Å². The first-order chi connectivity index (χ1) is 26.5. The predicted octanol–water partition coefficient (Wildman–Crippen LogP) is 7.44. The Morgan fingerprint density at radius 1 is 0.643 bits per heavy atom. The number of anilines is 4. The number of halogens is 6. The molecule has 0 radical (unpaired) electrons. The maximum Gasteiger partial charge on any atom is 0.392 e. The van der Waals surface area contributed by atoms with Crippen LogP contribution in [-0.2, 0) is 9.59 Å². The molecule has 6 heterocycles. The topological polar surface area (TPSA) is 188 Å². The molecule has 288 valence electrons. The van der Waals surface area contributed by atoms with Crippen molar-refractivity contribution >= 4 is 56.6 Å². The van der Waals surface area contributed by atoms with Crippen LogP contribution in [0.4, 0.5) is 49.6 Å². The first-order valence-electron chi connectivity index (χ1n) is 17.2. The van der Waals surface area contributed by atoms with Gasteiger partial charge in [-0.15, -0.1) is 0 Å². The molecule has 12 nitrogen and oxygen atoms in total. The summed E-state index contributed by atoms with van der Waals surface area (Å²) in [5.41, 5.74) is 16.8. The van der Waals surface area contributed by atoms with Gasteiger partial charge in [0.05, 0.1) is 35.1 Å². The lowest BCUT2D eigenvalue weighted by Gasteiger charge is -2.10. The molecule has 6 aromatic rings. The number of nitrogens with two attached hydrogens (primary N) is 2. The molecule has 6 N–H and O–H groups in total. The molecule has 2 aliphatic rings. The molecule has 4 atom stereocenters. The molecule has 56 heavy (non-hydrogen) atoms. The van der Waals surface area contributed by atoms with Crippen LogP contribution < -0.4 is 22.1 Å². The zero-order valence-corrected chi connectivity index (χ0v) is 29.6. The van der Waals surface area contributed by atoms with Gasteiger partial charge < -0.3 is 22.1 Å². The molecule has 0 aliphatic heterocycles. The first-order valence-corrected chi connectivity index (χ1v) is 17.2. The third-order valence-electron chi connectivity index (χ3n) is 9.72. The molecular formula is C38H32F6N10O2. The Hall–Kier alpha value is -6.46. The Morgan fingerprint density at radius 3 is 1.38 bits per heavy atom. The Balaban J connectivity index is 0.000000172. The molecule has 2 unspecified atom stereocenters. The Morgan fingerprint density at radius 2 is 1.04 bits per heavy atom. The van der Waals surface area contributed by atoms with Crippen LogP contribution in [0.3, 0.4) is 0 Å². The van der Waals surface area contributed by atoms with Gasteiger partial charge in [0, 0.05) is 59.1 Å². The summed E-state index contributed by atoms with van der Waals surface area (Å²) in [6.07, 6.45) is 0.510. The second kappa shape index (κ2) is 14.3. The van der Waals surface area contributed by atoms with E-state index in [9.17, 15) is 35.9 Å². The SMILES string of the molecule is Cc1ccncc1-c1cc2cc(NC(=O)C3CC3C(F)(F)F)ncc2c(N)n1.Cc1ccncc1-c1cc2cc(NC(=O)[C@@H]3C[C@H]3C(F)(F)F)ncc2c(N)n1. The molecule has 0 spiro atoms. The summed E-state index contributed by atoms with van der Waals surface area (Å²) in [5, 5.41) is 7.43. The van der Waals surface area contributed by atoms with Gasteiger partial charge in [0.15, 0.2) is 0 Å². The number of amides is 2. The van der Waals surface area contributed by atoms with Crippen molar-refractivity contribution in [3.05, 3.63) is 84.7 Å². The van der Waals surface area contributed by atoms with Crippen LogP contribution in [0.5, 0.6) is 0 Å². The number of aryl methyl sites for hydroxylation is 2. The van der Waals surface area contributed by atoms with E-state index in [2.05, 4.69) is 40.5 Å². The number of pyridine rings is 6. The Bertz CT molecular complexity index is 2340. The predicted molar refractivity (Wildman–Crippen MR) is 196 cm³/mol. The van der Waals surface area contributed by atoms with E-state index in [1.807, 2.05) is 26.0 Å². The third-order valence-corrected chi connectivity index (χ3v) is 9.72. The molecule has 6 aromatic heterocycles. The molecule has 18 heteroatoms. The largest absolute Gasteiger partial charge is 0.392 e. The van der Waals surface area contributed by atoms with Gasteiger partial charge in [-0.1, -0.05) is 0 Å². The van der Waals surface area contributed by atoms with Crippen LogP contribution in [0.1, 0.15) is 24.0 Å². The van der Waals surface area contributed by atoms with E-state index < -0.39 is 47.8 Å². The number of hydrogen-bond acceptors (Lipinski definition) is 10. The van der Waals surface area contributed by atoms with Crippen LogP contribution in [-0.4, -0.2) is 54.1 Å². The first kappa shape index (κ1) is 37.8. The summed E-state index contributed by atoms with van der Waals surface area (Å²) in [4.78, 5) is 49.3. The standard InChI is InChI=1S/2C19H16F3N5O/c2*1-9-2-3-24-7-12(9)15-4-10-5-16(25-8-13(10)17(23)26-15)27-18(28)11-6-14(11)19(20,21)22/h2*2-5,7-8,11,14H,6H2,1H3,(H2,23,26)(H,25,27,28)/t11-,14-;/m1./s1. The number of nitrogens with zero attached hydrogens (tertiary/aromatic N) is 6. The highest BCUT2D eigenvalue weighted by atomic mass is 19.4. The summed E-state index contributed by atoms with van der Waals surface area (Å²) < 4.78 is 76.0. The summed E-state index contributed by atoms with van der Waals surface area (Å²) in [7, 11) is 0. The number of carbonyl (C=O) groups is 2. The average molecular weight is 775 g/mol. The lowest BCUT2D eigenvalue weighted by molar-refractivity contribution is -0.154. The third kappa shape index (κ3) is 7.99. The molecule has 2 fully saturated rings. The van der Waals surface area contributed by atoms with Gasteiger partial charge in [-0.25, -0.2) is 19.9 Å². The molecule has 0 aromatic carbocycles. The van der Waals surface area contributed by atoms with Crippen molar-refractivity contribution in [1.82, 2.24) is 29.9 Å². The van der Waals surface area contributed by atoms with Crippen molar-refractivity contribution in [2.45, 2.75) is 39.0 Å². The molecule has 8 rings (SSSR count). The lowest BCUT2D eigenvalue weighted by atomic mass is 10.1. The molecule has 2 saturated carbocycles. The maximum atomic E-state index is 12.7. The number of nitrogens with one attached hydrogen (secondary N) is 2.